The molecule has 1 N–H and O–H groups in total. The molecule has 0 atom stereocenters. The summed E-state index contributed by atoms with van der Waals surface area (Å²) >= 11 is 0.765. The van der Waals surface area contributed by atoms with E-state index in [0.717, 1.165) is 41.8 Å². The second-order valence-corrected chi connectivity index (χ2v) is 8.97. The molecule has 0 aliphatic rings. The van der Waals surface area contributed by atoms with Crippen LogP contribution in [0.5, 0.6) is 11.5 Å². The van der Waals surface area contributed by atoms with Crippen LogP contribution in [0.15, 0.2) is 57.8 Å². The minimum absolute atomic E-state index is 0.0790. The van der Waals surface area contributed by atoms with E-state index in [9.17, 15) is 23.3 Å². The highest BCUT2D eigenvalue weighted by Gasteiger charge is 2.23. The molecule has 2 aromatic carbocycles. The van der Waals surface area contributed by atoms with Gasteiger partial charge in [-0.1, -0.05) is 11.3 Å². The summed E-state index contributed by atoms with van der Waals surface area (Å²) in [4.78, 5) is 26.4. The Morgan fingerprint density at radius 3 is 2.37 bits per heavy atom. The first-order chi connectivity index (χ1) is 14.3. The lowest BCUT2D eigenvalue weighted by molar-refractivity contribution is -0.384. The molecule has 30 heavy (non-hydrogen) atoms. The summed E-state index contributed by atoms with van der Waals surface area (Å²) < 4.78 is 35.6. The normalized spacial score (nSPS) is 11.0. The average Bonchev–Trinajstić information content (AvgIpc) is 3.22. The highest BCUT2D eigenvalue weighted by Crippen LogP contribution is 2.31. The maximum absolute atomic E-state index is 12.7. The van der Waals surface area contributed by atoms with Gasteiger partial charge >= 0.3 is 0 Å². The molecule has 0 saturated heterocycles. The van der Waals surface area contributed by atoms with E-state index < -0.39 is 20.7 Å². The number of carbonyl (C=O) groups excluding carboxylic acids is 1. The van der Waals surface area contributed by atoms with Crippen LogP contribution in [0.3, 0.4) is 0 Å². The first kappa shape index (κ1) is 21.2. The second kappa shape index (κ2) is 8.47. The van der Waals surface area contributed by atoms with Crippen LogP contribution >= 0.6 is 11.3 Å². The number of nitrogens with one attached hydrogen (secondary N) is 1. The fourth-order valence-corrected chi connectivity index (χ4v) is 4.88. The number of aromatic nitrogens is 1. The van der Waals surface area contributed by atoms with Crippen LogP contribution in [0.25, 0.3) is 0 Å². The smallest absolute Gasteiger partial charge is 0.269 e. The highest BCUT2D eigenvalue weighted by molar-refractivity contribution is 7.93. The lowest BCUT2D eigenvalue weighted by Crippen LogP contribution is -2.11. The highest BCUT2D eigenvalue weighted by atomic mass is 32.2. The van der Waals surface area contributed by atoms with Gasteiger partial charge in [0, 0.05) is 17.7 Å². The summed E-state index contributed by atoms with van der Waals surface area (Å²) in [6, 6.07) is 9.08. The van der Waals surface area contributed by atoms with Gasteiger partial charge in [-0.25, -0.2) is 13.4 Å². The van der Waals surface area contributed by atoms with Gasteiger partial charge in [-0.05, 0) is 30.3 Å². The number of methoxy groups -OCH3 is 2. The number of amides is 1. The molecule has 10 nitrogen and oxygen atoms in total. The van der Waals surface area contributed by atoms with Crippen LogP contribution in [0, 0.1) is 10.1 Å². The quantitative estimate of drug-likeness (QED) is 0.429. The minimum atomic E-state index is -3.94. The molecule has 0 radical (unpaired) electrons. The van der Waals surface area contributed by atoms with E-state index in [1.165, 1.54) is 26.4 Å². The van der Waals surface area contributed by atoms with Gasteiger partial charge in [0.1, 0.15) is 4.21 Å². The molecule has 0 aliphatic carbocycles. The summed E-state index contributed by atoms with van der Waals surface area (Å²) in [5.74, 6) is 0.315. The molecule has 0 aliphatic heterocycles. The molecular weight excluding hydrogens is 434 g/mol. The van der Waals surface area contributed by atoms with Gasteiger partial charge in [0.15, 0.2) is 16.6 Å². The summed E-state index contributed by atoms with van der Waals surface area (Å²) in [5.41, 5.74) is 0.0451. The van der Waals surface area contributed by atoms with Crippen LogP contribution in [0.4, 0.5) is 10.8 Å². The van der Waals surface area contributed by atoms with Crippen molar-refractivity contribution in [3.8, 4) is 11.5 Å². The van der Waals surface area contributed by atoms with Gasteiger partial charge in [0.2, 0.25) is 9.84 Å². The Morgan fingerprint density at radius 2 is 1.77 bits per heavy atom. The Morgan fingerprint density at radius 1 is 1.10 bits per heavy atom. The predicted octanol–water partition coefficient (Wildman–Crippen LogP) is 3.15. The Hall–Kier alpha value is -3.51. The van der Waals surface area contributed by atoms with Crippen LogP contribution in [-0.4, -0.2) is 38.5 Å². The topological polar surface area (TPSA) is 138 Å². The number of non-ortho nitro benzene ring substituents is 1. The Kier molecular flexibility index (Phi) is 5.99. The zero-order valence-electron chi connectivity index (χ0n) is 15.7. The molecule has 156 valence electrons. The van der Waals surface area contributed by atoms with E-state index >= 15 is 0 Å². The van der Waals surface area contributed by atoms with Crippen LogP contribution in [-0.2, 0) is 9.84 Å². The lowest BCUT2D eigenvalue weighted by atomic mass is 10.2. The number of hydrogen-bond donors (Lipinski definition) is 1. The predicted molar refractivity (Wildman–Crippen MR) is 108 cm³/mol. The van der Waals surface area contributed by atoms with Crippen molar-refractivity contribution in [2.24, 2.45) is 0 Å². The van der Waals surface area contributed by atoms with Crippen molar-refractivity contribution in [1.82, 2.24) is 4.98 Å². The first-order valence-electron chi connectivity index (χ1n) is 8.25. The molecule has 1 aromatic heterocycles. The van der Waals surface area contributed by atoms with Gasteiger partial charge in [-0.3, -0.25) is 20.2 Å². The number of nitro groups is 1. The Labute approximate surface area is 175 Å². The minimum Gasteiger partial charge on any atom is -0.493 e. The molecule has 1 heterocycles. The van der Waals surface area contributed by atoms with E-state index in [4.69, 9.17) is 9.47 Å². The van der Waals surface area contributed by atoms with Gasteiger partial charge < -0.3 is 9.47 Å². The first-order valence-corrected chi connectivity index (χ1v) is 10.5. The number of thiazole rings is 1. The number of nitro benzene ring substituents is 1. The molecule has 0 fully saturated rings. The standard InChI is InChI=1S/C18H15N3O7S2/c1-27-14-8-3-11(9-15(14)28-2)17(22)20-18-19-10-16(29-18)30(25,26)13-6-4-12(5-7-13)21(23)24/h3-10H,1-2H3,(H,19,20,22). The summed E-state index contributed by atoms with van der Waals surface area (Å²) in [7, 11) is -1.02. The molecule has 0 unspecified atom stereocenters. The number of nitrogens with zero attached hydrogens (tertiary/aromatic N) is 2. The van der Waals surface area contributed by atoms with Crippen molar-refractivity contribution in [2.45, 2.75) is 9.10 Å². The summed E-state index contributed by atoms with van der Waals surface area (Å²) in [5, 5.41) is 13.3. The molecule has 0 saturated carbocycles. The Balaban J connectivity index is 1.80. The molecular formula is C18H15N3O7S2. The SMILES string of the molecule is COc1ccc(C(=O)Nc2ncc(S(=O)(=O)c3ccc([N+](=O)[O-])cc3)s2)cc1OC. The van der Waals surface area contributed by atoms with E-state index in [2.05, 4.69) is 10.3 Å². The summed E-state index contributed by atoms with van der Waals surface area (Å²) in [6.07, 6.45) is 1.12. The monoisotopic (exact) mass is 449 g/mol. The molecule has 1 amide bonds. The van der Waals surface area contributed by atoms with E-state index in [-0.39, 0.29) is 25.5 Å². The van der Waals surface area contributed by atoms with Gasteiger partial charge in [-0.2, -0.15) is 0 Å². The van der Waals surface area contributed by atoms with Crippen molar-refractivity contribution < 1.29 is 27.6 Å². The number of ether oxygens (including phenoxy) is 2. The molecule has 0 spiro atoms. The van der Waals surface area contributed by atoms with E-state index in [1.54, 1.807) is 6.07 Å². The van der Waals surface area contributed by atoms with Crippen molar-refractivity contribution in [2.75, 3.05) is 19.5 Å². The fourth-order valence-electron chi connectivity index (χ4n) is 2.45. The van der Waals surface area contributed by atoms with Crippen LogP contribution in [0.1, 0.15) is 10.4 Å². The lowest BCUT2D eigenvalue weighted by Gasteiger charge is -2.09. The zero-order chi connectivity index (χ0) is 21.9. The molecule has 3 rings (SSSR count). The fraction of sp³-hybridized carbons (Fsp3) is 0.111. The zero-order valence-corrected chi connectivity index (χ0v) is 17.3. The largest absolute Gasteiger partial charge is 0.493 e. The summed E-state index contributed by atoms with van der Waals surface area (Å²) in [6.45, 7) is 0. The van der Waals surface area contributed by atoms with Crippen LogP contribution < -0.4 is 14.8 Å². The van der Waals surface area contributed by atoms with Gasteiger partial charge in [0.25, 0.3) is 11.6 Å². The third kappa shape index (κ3) is 4.23. The van der Waals surface area contributed by atoms with Crippen molar-refractivity contribution in [3.05, 3.63) is 64.3 Å². The number of sulfone groups is 1. The maximum atomic E-state index is 12.7. The maximum Gasteiger partial charge on any atom is 0.269 e. The van der Waals surface area contributed by atoms with Crippen LogP contribution in [0.2, 0.25) is 0 Å². The number of hydrogen-bond acceptors (Lipinski definition) is 9. The van der Waals surface area contributed by atoms with Crippen molar-refractivity contribution in [3.63, 3.8) is 0 Å². The number of anilines is 1. The van der Waals surface area contributed by atoms with E-state index in [0.29, 0.717) is 11.5 Å². The van der Waals surface area contributed by atoms with Crippen molar-refractivity contribution >= 4 is 37.9 Å². The third-order valence-corrected chi connectivity index (χ3v) is 7.12. The van der Waals surface area contributed by atoms with E-state index in [1.807, 2.05) is 0 Å². The second-order valence-electron chi connectivity index (χ2n) is 5.76. The third-order valence-electron chi connectivity index (χ3n) is 3.97. The number of benzene rings is 2. The number of carbonyl (C=O) groups is 1. The van der Waals surface area contributed by atoms with Gasteiger partial charge in [0.05, 0.1) is 30.2 Å². The molecule has 3 aromatic rings. The molecule has 0 bridgehead atoms. The Bertz CT molecular complexity index is 1200. The van der Waals surface area contributed by atoms with Gasteiger partial charge in [-0.15, -0.1) is 0 Å². The molecule has 12 heteroatoms. The van der Waals surface area contributed by atoms with Crippen molar-refractivity contribution in [1.29, 1.82) is 0 Å². The average molecular weight is 449 g/mol. The number of rotatable bonds is 7.